The lowest BCUT2D eigenvalue weighted by atomic mass is 10.2. The Kier molecular flexibility index (Phi) is 3.31. The fraction of sp³-hybridized carbons (Fsp3) is 0.429. The molecule has 0 radical (unpaired) electrons. The number of aldehydes is 1. The van der Waals surface area contributed by atoms with Gasteiger partial charge in [-0.1, -0.05) is 6.07 Å². The average molecular weight is 259 g/mol. The van der Waals surface area contributed by atoms with Crippen LogP contribution in [0.25, 0.3) is 5.52 Å². The summed E-state index contributed by atoms with van der Waals surface area (Å²) in [5.74, 6) is 0.474. The van der Waals surface area contributed by atoms with E-state index < -0.39 is 0 Å². The van der Waals surface area contributed by atoms with Gasteiger partial charge in [-0.25, -0.2) is 4.98 Å². The second kappa shape index (κ2) is 5.11. The number of hydrogen-bond donors (Lipinski definition) is 0. The van der Waals surface area contributed by atoms with Crippen LogP contribution >= 0.6 is 0 Å². The first-order chi connectivity index (χ1) is 9.29. The largest absolute Gasteiger partial charge is 0.379 e. The highest BCUT2D eigenvalue weighted by molar-refractivity contribution is 5.74. The number of hydrogen-bond acceptors (Lipinski definition) is 4. The van der Waals surface area contributed by atoms with E-state index in [-0.39, 0.29) is 0 Å². The summed E-state index contributed by atoms with van der Waals surface area (Å²) in [5.41, 5.74) is 3.17. The van der Waals surface area contributed by atoms with Crippen molar-refractivity contribution in [3.63, 3.8) is 0 Å². The van der Waals surface area contributed by atoms with E-state index in [9.17, 15) is 4.79 Å². The van der Waals surface area contributed by atoms with Gasteiger partial charge >= 0.3 is 0 Å². The Balaban J connectivity index is 2.00. The second-order valence-electron chi connectivity index (χ2n) is 4.83. The minimum atomic E-state index is 0.474. The molecule has 19 heavy (non-hydrogen) atoms. The Labute approximate surface area is 111 Å². The zero-order valence-electron chi connectivity index (χ0n) is 11.0. The van der Waals surface area contributed by atoms with Crippen molar-refractivity contribution in [1.82, 2.24) is 14.3 Å². The van der Waals surface area contributed by atoms with Gasteiger partial charge in [-0.3, -0.25) is 14.1 Å². The summed E-state index contributed by atoms with van der Waals surface area (Å²) >= 11 is 0. The maximum atomic E-state index is 11.1. The molecular weight excluding hydrogens is 242 g/mol. The molecular formula is C14H17N3O2. The molecule has 0 aliphatic carbocycles. The van der Waals surface area contributed by atoms with E-state index in [1.165, 1.54) is 0 Å². The molecule has 5 nitrogen and oxygen atoms in total. The van der Waals surface area contributed by atoms with E-state index in [0.717, 1.165) is 55.9 Å². The summed E-state index contributed by atoms with van der Waals surface area (Å²) < 4.78 is 7.22. The third-order valence-corrected chi connectivity index (χ3v) is 3.55. The van der Waals surface area contributed by atoms with Crippen molar-refractivity contribution < 1.29 is 9.53 Å². The van der Waals surface area contributed by atoms with Gasteiger partial charge in [0.1, 0.15) is 0 Å². The minimum Gasteiger partial charge on any atom is -0.379 e. The number of nitrogens with zero attached hydrogens (tertiary/aromatic N) is 3. The number of aryl methyl sites for hydroxylation is 1. The van der Waals surface area contributed by atoms with E-state index in [1.807, 2.05) is 16.7 Å². The van der Waals surface area contributed by atoms with Crippen LogP contribution in [0, 0.1) is 6.92 Å². The number of aromatic nitrogens is 2. The van der Waals surface area contributed by atoms with Crippen LogP contribution in [0.15, 0.2) is 18.3 Å². The van der Waals surface area contributed by atoms with Gasteiger partial charge < -0.3 is 4.74 Å². The van der Waals surface area contributed by atoms with Crippen molar-refractivity contribution in [2.45, 2.75) is 13.5 Å². The number of rotatable bonds is 3. The predicted molar refractivity (Wildman–Crippen MR) is 71.4 cm³/mol. The summed E-state index contributed by atoms with van der Waals surface area (Å²) in [7, 11) is 0. The molecule has 5 heteroatoms. The molecule has 0 spiro atoms. The quantitative estimate of drug-likeness (QED) is 0.779. The van der Waals surface area contributed by atoms with Crippen LogP contribution < -0.4 is 0 Å². The number of morpholine rings is 1. The molecule has 0 unspecified atom stereocenters. The van der Waals surface area contributed by atoms with Crippen LogP contribution in [0.2, 0.25) is 0 Å². The zero-order valence-corrected chi connectivity index (χ0v) is 11.0. The smallest absolute Gasteiger partial charge is 0.185 e. The maximum Gasteiger partial charge on any atom is 0.185 e. The fourth-order valence-electron chi connectivity index (χ4n) is 2.58. The molecule has 1 fully saturated rings. The maximum absolute atomic E-state index is 11.1. The molecule has 3 heterocycles. The van der Waals surface area contributed by atoms with Crippen molar-refractivity contribution in [1.29, 1.82) is 0 Å². The molecule has 1 saturated heterocycles. The number of ether oxygens (including phenoxy) is 1. The molecule has 0 atom stereocenters. The van der Waals surface area contributed by atoms with Crippen molar-refractivity contribution in [3.8, 4) is 0 Å². The molecule has 0 aromatic carbocycles. The lowest BCUT2D eigenvalue weighted by Gasteiger charge is -2.25. The van der Waals surface area contributed by atoms with Crippen LogP contribution in [0.1, 0.15) is 21.9 Å². The average Bonchev–Trinajstić information content (AvgIpc) is 2.79. The molecule has 1 aliphatic rings. The van der Waals surface area contributed by atoms with Crippen molar-refractivity contribution in [2.24, 2.45) is 0 Å². The molecule has 0 bridgehead atoms. The third-order valence-electron chi connectivity index (χ3n) is 3.55. The second-order valence-corrected chi connectivity index (χ2v) is 4.83. The Morgan fingerprint density at radius 2 is 2.21 bits per heavy atom. The lowest BCUT2D eigenvalue weighted by molar-refractivity contribution is 0.0338. The highest BCUT2D eigenvalue weighted by atomic mass is 16.5. The van der Waals surface area contributed by atoms with Gasteiger partial charge in [0, 0.05) is 25.8 Å². The summed E-state index contributed by atoms with van der Waals surface area (Å²) in [6.45, 7) is 6.19. The molecule has 2 aromatic rings. The Bertz CT molecular complexity index is 600. The normalized spacial score (nSPS) is 16.9. The van der Waals surface area contributed by atoms with Gasteiger partial charge in [0.2, 0.25) is 0 Å². The summed E-state index contributed by atoms with van der Waals surface area (Å²) in [4.78, 5) is 17.9. The van der Waals surface area contributed by atoms with Crippen LogP contribution in [-0.2, 0) is 11.3 Å². The molecule has 3 rings (SSSR count). The SMILES string of the molecule is Cc1cccn2c(C=O)nc(CN3CCOCC3)c12. The molecule has 100 valence electrons. The lowest BCUT2D eigenvalue weighted by Crippen LogP contribution is -2.35. The van der Waals surface area contributed by atoms with Crippen LogP contribution in [0.5, 0.6) is 0 Å². The molecule has 0 amide bonds. The van der Waals surface area contributed by atoms with E-state index in [4.69, 9.17) is 4.74 Å². The third kappa shape index (κ3) is 2.27. The summed E-state index contributed by atoms with van der Waals surface area (Å²) in [6, 6.07) is 3.99. The first kappa shape index (κ1) is 12.3. The van der Waals surface area contributed by atoms with Gasteiger partial charge in [-0.05, 0) is 18.6 Å². The molecule has 0 saturated carbocycles. The van der Waals surface area contributed by atoms with Gasteiger partial charge in [-0.15, -0.1) is 0 Å². The van der Waals surface area contributed by atoms with E-state index >= 15 is 0 Å². The number of fused-ring (bicyclic) bond motifs is 1. The molecule has 1 aliphatic heterocycles. The summed E-state index contributed by atoms with van der Waals surface area (Å²) in [5, 5.41) is 0. The highest BCUT2D eigenvalue weighted by Crippen LogP contribution is 2.18. The standard InChI is InChI=1S/C14H17N3O2/c1-11-3-2-4-17-13(10-18)15-12(14(11)17)9-16-5-7-19-8-6-16/h2-4,10H,5-9H2,1H3. The number of carbonyl (C=O) groups excluding carboxylic acids is 1. The van der Waals surface area contributed by atoms with Crippen molar-refractivity contribution in [3.05, 3.63) is 35.4 Å². The Hall–Kier alpha value is -1.72. The van der Waals surface area contributed by atoms with E-state index in [1.54, 1.807) is 0 Å². The first-order valence-electron chi connectivity index (χ1n) is 6.51. The molecule has 2 aromatic heterocycles. The van der Waals surface area contributed by atoms with Gasteiger partial charge in [0.25, 0.3) is 0 Å². The zero-order chi connectivity index (χ0) is 13.2. The Morgan fingerprint density at radius 1 is 1.42 bits per heavy atom. The Morgan fingerprint density at radius 3 is 2.95 bits per heavy atom. The monoisotopic (exact) mass is 259 g/mol. The fourth-order valence-corrected chi connectivity index (χ4v) is 2.58. The number of imidazole rings is 1. The van der Waals surface area contributed by atoms with Crippen LogP contribution in [0.3, 0.4) is 0 Å². The van der Waals surface area contributed by atoms with E-state index in [0.29, 0.717) is 5.82 Å². The van der Waals surface area contributed by atoms with Crippen LogP contribution in [-0.4, -0.2) is 46.9 Å². The highest BCUT2D eigenvalue weighted by Gasteiger charge is 2.17. The van der Waals surface area contributed by atoms with Crippen molar-refractivity contribution in [2.75, 3.05) is 26.3 Å². The minimum absolute atomic E-state index is 0.474. The number of carbonyl (C=O) groups is 1. The summed E-state index contributed by atoms with van der Waals surface area (Å²) in [6.07, 6.45) is 2.71. The van der Waals surface area contributed by atoms with Gasteiger partial charge in [-0.2, -0.15) is 0 Å². The van der Waals surface area contributed by atoms with E-state index in [2.05, 4.69) is 22.9 Å². The first-order valence-corrected chi connectivity index (χ1v) is 6.51. The van der Waals surface area contributed by atoms with Gasteiger partial charge in [0.05, 0.1) is 24.4 Å². The van der Waals surface area contributed by atoms with Crippen molar-refractivity contribution >= 4 is 11.8 Å². The predicted octanol–water partition coefficient (Wildman–Crippen LogP) is 1.29. The molecule has 0 N–H and O–H groups in total. The van der Waals surface area contributed by atoms with Gasteiger partial charge in [0.15, 0.2) is 12.1 Å². The topological polar surface area (TPSA) is 46.8 Å². The van der Waals surface area contributed by atoms with Crippen LogP contribution in [0.4, 0.5) is 0 Å². The number of pyridine rings is 1.